The average Bonchev–Trinajstić information content (AvgIpc) is 2.37. The Morgan fingerprint density at radius 1 is 1.39 bits per heavy atom. The zero-order chi connectivity index (χ0) is 13.5. The van der Waals surface area contributed by atoms with Crippen LogP contribution in [0.2, 0.25) is 0 Å². The Kier molecular flexibility index (Phi) is 6.09. The summed E-state index contributed by atoms with van der Waals surface area (Å²) in [6.45, 7) is 10.5. The molecule has 0 aliphatic heterocycles. The first-order valence-electron chi connectivity index (χ1n) is 6.68. The number of hydrogen-bond donors (Lipinski definition) is 1. The summed E-state index contributed by atoms with van der Waals surface area (Å²) in [5.74, 6) is 0. The lowest BCUT2D eigenvalue weighted by atomic mass is 10.2. The highest BCUT2D eigenvalue weighted by atomic mass is 16.1. The van der Waals surface area contributed by atoms with E-state index < -0.39 is 0 Å². The Balaban J connectivity index is 2.44. The van der Waals surface area contributed by atoms with Crippen molar-refractivity contribution in [1.82, 2.24) is 14.8 Å². The third kappa shape index (κ3) is 4.63. The summed E-state index contributed by atoms with van der Waals surface area (Å²) in [6.07, 6.45) is 1.81. The van der Waals surface area contributed by atoms with Crippen LogP contribution in [-0.2, 0) is 13.6 Å². The van der Waals surface area contributed by atoms with Gasteiger partial charge in [0, 0.05) is 38.4 Å². The van der Waals surface area contributed by atoms with Crippen LogP contribution in [0.4, 0.5) is 0 Å². The van der Waals surface area contributed by atoms with Crippen LogP contribution in [0.15, 0.2) is 23.1 Å². The fourth-order valence-corrected chi connectivity index (χ4v) is 1.93. The average molecular weight is 251 g/mol. The summed E-state index contributed by atoms with van der Waals surface area (Å²) in [6, 6.07) is 4.10. The summed E-state index contributed by atoms with van der Waals surface area (Å²) in [4.78, 5) is 13.9. The first-order chi connectivity index (χ1) is 8.56. The maximum absolute atomic E-state index is 11.5. The van der Waals surface area contributed by atoms with Crippen molar-refractivity contribution in [3.63, 3.8) is 0 Å². The van der Waals surface area contributed by atoms with Crippen molar-refractivity contribution in [2.75, 3.05) is 19.6 Å². The molecule has 4 heteroatoms. The molecule has 1 aromatic rings. The van der Waals surface area contributed by atoms with Gasteiger partial charge < -0.3 is 14.8 Å². The normalized spacial score (nSPS) is 12.9. The molecule has 4 nitrogen and oxygen atoms in total. The molecule has 0 aliphatic carbocycles. The Morgan fingerprint density at radius 3 is 2.61 bits per heavy atom. The highest BCUT2D eigenvalue weighted by Gasteiger charge is 2.06. The maximum Gasteiger partial charge on any atom is 0.250 e. The smallest absolute Gasteiger partial charge is 0.250 e. The quantitative estimate of drug-likeness (QED) is 0.791. The largest absolute Gasteiger partial charge is 0.319 e. The topological polar surface area (TPSA) is 37.3 Å². The Labute approximate surface area is 110 Å². The molecule has 0 fully saturated rings. The van der Waals surface area contributed by atoms with Gasteiger partial charge in [-0.25, -0.2) is 0 Å². The van der Waals surface area contributed by atoms with Gasteiger partial charge in [-0.3, -0.25) is 4.79 Å². The molecule has 1 heterocycles. The van der Waals surface area contributed by atoms with Gasteiger partial charge in [-0.1, -0.05) is 13.8 Å². The van der Waals surface area contributed by atoms with E-state index >= 15 is 0 Å². The molecule has 1 unspecified atom stereocenters. The first kappa shape index (κ1) is 14.9. The molecule has 1 atom stereocenters. The monoisotopic (exact) mass is 251 g/mol. The van der Waals surface area contributed by atoms with Crippen molar-refractivity contribution >= 4 is 0 Å². The van der Waals surface area contributed by atoms with Gasteiger partial charge >= 0.3 is 0 Å². The molecule has 1 aromatic heterocycles. The number of aryl methyl sites for hydroxylation is 1. The van der Waals surface area contributed by atoms with Crippen LogP contribution in [0.3, 0.4) is 0 Å². The van der Waals surface area contributed by atoms with E-state index in [-0.39, 0.29) is 5.56 Å². The molecular formula is C14H25N3O. The highest BCUT2D eigenvalue weighted by Crippen LogP contribution is 1.97. The van der Waals surface area contributed by atoms with Crippen molar-refractivity contribution in [3.8, 4) is 0 Å². The van der Waals surface area contributed by atoms with Gasteiger partial charge in [-0.15, -0.1) is 0 Å². The summed E-state index contributed by atoms with van der Waals surface area (Å²) < 4.78 is 1.59. The van der Waals surface area contributed by atoms with Crippen molar-refractivity contribution in [1.29, 1.82) is 0 Å². The van der Waals surface area contributed by atoms with Crippen molar-refractivity contribution in [2.24, 2.45) is 7.05 Å². The van der Waals surface area contributed by atoms with Crippen LogP contribution >= 0.6 is 0 Å². The summed E-state index contributed by atoms with van der Waals surface area (Å²) >= 11 is 0. The van der Waals surface area contributed by atoms with Crippen LogP contribution in [0.5, 0.6) is 0 Å². The molecule has 0 aliphatic rings. The lowest BCUT2D eigenvalue weighted by molar-refractivity contribution is 0.270. The van der Waals surface area contributed by atoms with Crippen molar-refractivity contribution in [3.05, 3.63) is 34.2 Å². The molecule has 0 saturated heterocycles. The van der Waals surface area contributed by atoms with Gasteiger partial charge in [0.1, 0.15) is 0 Å². The SMILES string of the molecule is CCN(CC)CC(C)NCc1ccn(C)c(=O)c1. The molecule has 0 bridgehead atoms. The predicted molar refractivity (Wildman–Crippen MR) is 75.8 cm³/mol. The molecule has 0 amide bonds. The molecule has 102 valence electrons. The van der Waals surface area contributed by atoms with Crippen LogP contribution in [0, 0.1) is 0 Å². The van der Waals surface area contributed by atoms with Gasteiger partial charge in [-0.2, -0.15) is 0 Å². The summed E-state index contributed by atoms with van der Waals surface area (Å²) in [5.41, 5.74) is 1.09. The maximum atomic E-state index is 11.5. The fraction of sp³-hybridized carbons (Fsp3) is 0.643. The molecular weight excluding hydrogens is 226 g/mol. The fourth-order valence-electron chi connectivity index (χ4n) is 1.93. The van der Waals surface area contributed by atoms with E-state index in [0.717, 1.165) is 31.7 Å². The Hall–Kier alpha value is -1.13. The van der Waals surface area contributed by atoms with Crippen molar-refractivity contribution < 1.29 is 0 Å². The van der Waals surface area contributed by atoms with Gasteiger partial charge in [0.2, 0.25) is 0 Å². The number of aromatic nitrogens is 1. The Morgan fingerprint density at radius 2 is 2.06 bits per heavy atom. The van der Waals surface area contributed by atoms with Gasteiger partial charge in [0.05, 0.1) is 0 Å². The number of likely N-dealkylation sites (N-methyl/N-ethyl adjacent to an activating group) is 1. The standard InChI is InChI=1S/C14H25N3O/c1-5-17(6-2)11-12(3)15-10-13-7-8-16(4)14(18)9-13/h7-9,12,15H,5-6,10-11H2,1-4H3. The zero-order valence-corrected chi connectivity index (χ0v) is 11.9. The number of pyridine rings is 1. The minimum Gasteiger partial charge on any atom is -0.319 e. The van der Waals surface area contributed by atoms with Gasteiger partial charge in [0.25, 0.3) is 5.56 Å². The second-order valence-electron chi connectivity index (χ2n) is 4.75. The third-order valence-corrected chi connectivity index (χ3v) is 3.25. The second kappa shape index (κ2) is 7.34. The predicted octanol–water partition coefficient (Wildman–Crippen LogP) is 1.21. The van der Waals surface area contributed by atoms with E-state index in [1.807, 2.05) is 12.3 Å². The second-order valence-corrected chi connectivity index (χ2v) is 4.75. The molecule has 0 aromatic carbocycles. The Bertz CT molecular complexity index is 410. The van der Waals surface area contributed by atoms with Crippen LogP contribution in [0.1, 0.15) is 26.3 Å². The number of nitrogens with zero attached hydrogens (tertiary/aromatic N) is 2. The number of rotatable bonds is 7. The molecule has 0 saturated carbocycles. The molecule has 1 N–H and O–H groups in total. The lowest BCUT2D eigenvalue weighted by Crippen LogP contribution is -2.38. The molecule has 0 radical (unpaired) electrons. The minimum atomic E-state index is 0.0469. The van der Waals surface area contributed by atoms with E-state index in [1.54, 1.807) is 17.7 Å². The van der Waals surface area contributed by atoms with E-state index in [0.29, 0.717) is 6.04 Å². The summed E-state index contributed by atoms with van der Waals surface area (Å²) in [7, 11) is 1.77. The highest BCUT2D eigenvalue weighted by molar-refractivity contribution is 5.10. The summed E-state index contributed by atoms with van der Waals surface area (Å²) in [5, 5.41) is 3.45. The van der Waals surface area contributed by atoms with Crippen LogP contribution in [-0.4, -0.2) is 35.1 Å². The van der Waals surface area contributed by atoms with E-state index in [4.69, 9.17) is 0 Å². The van der Waals surface area contributed by atoms with Crippen LogP contribution in [0.25, 0.3) is 0 Å². The number of hydrogen-bond acceptors (Lipinski definition) is 3. The minimum absolute atomic E-state index is 0.0469. The molecule has 18 heavy (non-hydrogen) atoms. The van der Waals surface area contributed by atoms with Gasteiger partial charge in [0.15, 0.2) is 0 Å². The van der Waals surface area contributed by atoms with E-state index in [1.165, 1.54) is 0 Å². The number of nitrogens with one attached hydrogen (secondary N) is 1. The van der Waals surface area contributed by atoms with Crippen LogP contribution < -0.4 is 10.9 Å². The van der Waals surface area contributed by atoms with Crippen molar-refractivity contribution in [2.45, 2.75) is 33.4 Å². The third-order valence-electron chi connectivity index (χ3n) is 3.25. The van der Waals surface area contributed by atoms with E-state index in [2.05, 4.69) is 31.0 Å². The zero-order valence-electron chi connectivity index (χ0n) is 11.9. The lowest BCUT2D eigenvalue weighted by Gasteiger charge is -2.23. The van der Waals surface area contributed by atoms with Gasteiger partial charge in [-0.05, 0) is 31.6 Å². The molecule has 1 rings (SSSR count). The molecule has 0 spiro atoms. The first-order valence-corrected chi connectivity index (χ1v) is 6.68. The van der Waals surface area contributed by atoms with E-state index in [9.17, 15) is 4.79 Å².